The number of benzene rings is 1. The first-order chi connectivity index (χ1) is 11.1. The normalized spacial score (nSPS) is 11.3. The number of nitrogens with zero attached hydrogens (tertiary/aromatic N) is 3. The number of hydrogen-bond donors (Lipinski definition) is 0. The number of furan rings is 1. The van der Waals surface area contributed by atoms with E-state index in [2.05, 4.69) is 28.6 Å². The van der Waals surface area contributed by atoms with Gasteiger partial charge in [0.15, 0.2) is 16.7 Å². The van der Waals surface area contributed by atoms with Crippen molar-refractivity contribution in [2.45, 2.75) is 31.3 Å². The molecule has 1 aromatic carbocycles. The number of halogens is 1. The first-order valence-electron chi connectivity index (χ1n) is 7.48. The van der Waals surface area contributed by atoms with Crippen molar-refractivity contribution in [1.82, 2.24) is 14.8 Å². The van der Waals surface area contributed by atoms with Gasteiger partial charge in [0.25, 0.3) is 0 Å². The molecule has 0 radical (unpaired) electrons. The summed E-state index contributed by atoms with van der Waals surface area (Å²) in [6, 6.07) is 10.3. The summed E-state index contributed by atoms with van der Waals surface area (Å²) in [6.45, 7) is 5.12. The van der Waals surface area contributed by atoms with Gasteiger partial charge in [-0.2, -0.15) is 0 Å². The van der Waals surface area contributed by atoms with Gasteiger partial charge in [0.1, 0.15) is 5.82 Å². The molecule has 2 aromatic heterocycles. The molecule has 0 spiro atoms. The molecule has 0 amide bonds. The van der Waals surface area contributed by atoms with E-state index < -0.39 is 0 Å². The van der Waals surface area contributed by atoms with Crippen molar-refractivity contribution in [2.24, 2.45) is 5.92 Å². The van der Waals surface area contributed by atoms with Gasteiger partial charge in [-0.05, 0) is 35.7 Å². The first kappa shape index (κ1) is 15.8. The maximum Gasteiger partial charge on any atom is 0.200 e. The third kappa shape index (κ3) is 3.82. The summed E-state index contributed by atoms with van der Waals surface area (Å²) in [4.78, 5) is 0. The van der Waals surface area contributed by atoms with E-state index in [0.29, 0.717) is 17.4 Å². The lowest BCUT2D eigenvalue weighted by atomic mass is 10.2. The van der Waals surface area contributed by atoms with Crippen LogP contribution in [-0.4, -0.2) is 14.8 Å². The van der Waals surface area contributed by atoms with Crippen LogP contribution in [0.25, 0.3) is 11.6 Å². The van der Waals surface area contributed by atoms with E-state index in [4.69, 9.17) is 4.42 Å². The predicted molar refractivity (Wildman–Crippen MR) is 88.5 cm³/mol. The van der Waals surface area contributed by atoms with Crippen molar-refractivity contribution in [2.75, 3.05) is 0 Å². The van der Waals surface area contributed by atoms with E-state index in [9.17, 15) is 4.39 Å². The van der Waals surface area contributed by atoms with Gasteiger partial charge in [0, 0.05) is 12.3 Å². The van der Waals surface area contributed by atoms with Gasteiger partial charge in [-0.1, -0.05) is 37.7 Å². The molecule has 0 aliphatic rings. The molecule has 23 heavy (non-hydrogen) atoms. The standard InChI is InChI=1S/C17H18FN3OS/c1-12(2)10-21-16(15-4-3-9-22-15)19-20-17(21)23-11-13-5-7-14(18)8-6-13/h3-9,12H,10-11H2,1-2H3. The molecule has 6 heteroatoms. The SMILES string of the molecule is CC(C)Cn1c(SCc2ccc(F)cc2)nnc1-c1ccco1. The minimum Gasteiger partial charge on any atom is -0.461 e. The molecule has 0 aliphatic carbocycles. The zero-order chi connectivity index (χ0) is 16.2. The Labute approximate surface area is 138 Å². The molecule has 0 N–H and O–H groups in total. The Bertz CT molecular complexity index is 751. The van der Waals surface area contributed by atoms with E-state index in [-0.39, 0.29) is 5.82 Å². The minimum atomic E-state index is -0.221. The molecule has 0 bridgehead atoms. The van der Waals surface area contributed by atoms with Gasteiger partial charge in [0.05, 0.1) is 6.26 Å². The van der Waals surface area contributed by atoms with Gasteiger partial charge >= 0.3 is 0 Å². The lowest BCUT2D eigenvalue weighted by Crippen LogP contribution is -2.07. The maximum atomic E-state index is 13.0. The van der Waals surface area contributed by atoms with Crippen LogP contribution in [0.2, 0.25) is 0 Å². The van der Waals surface area contributed by atoms with E-state index in [1.54, 1.807) is 30.2 Å². The summed E-state index contributed by atoms with van der Waals surface area (Å²) in [5, 5.41) is 9.42. The molecule has 0 saturated carbocycles. The molecule has 0 fully saturated rings. The molecule has 0 atom stereocenters. The van der Waals surface area contributed by atoms with E-state index in [1.807, 2.05) is 12.1 Å². The number of hydrogen-bond acceptors (Lipinski definition) is 4. The number of rotatable bonds is 6. The van der Waals surface area contributed by atoms with Crippen LogP contribution in [0.3, 0.4) is 0 Å². The second kappa shape index (κ2) is 7.00. The predicted octanol–water partition coefficient (Wildman–Crippen LogP) is 4.63. The highest BCUT2D eigenvalue weighted by atomic mass is 32.2. The van der Waals surface area contributed by atoms with Gasteiger partial charge in [-0.25, -0.2) is 4.39 Å². The van der Waals surface area contributed by atoms with Crippen molar-refractivity contribution in [3.05, 3.63) is 54.0 Å². The zero-order valence-corrected chi connectivity index (χ0v) is 13.9. The molecule has 3 aromatic rings. The maximum absolute atomic E-state index is 13.0. The molecule has 0 saturated heterocycles. The summed E-state index contributed by atoms with van der Waals surface area (Å²) in [5.41, 5.74) is 1.05. The van der Waals surface area contributed by atoms with Crippen LogP contribution in [0.1, 0.15) is 19.4 Å². The van der Waals surface area contributed by atoms with Crippen LogP contribution in [0, 0.1) is 11.7 Å². The smallest absolute Gasteiger partial charge is 0.200 e. The highest BCUT2D eigenvalue weighted by Gasteiger charge is 2.17. The van der Waals surface area contributed by atoms with Crippen molar-refractivity contribution in [1.29, 1.82) is 0 Å². The summed E-state index contributed by atoms with van der Waals surface area (Å²) < 4.78 is 20.5. The lowest BCUT2D eigenvalue weighted by Gasteiger charge is -2.11. The molecular weight excluding hydrogens is 313 g/mol. The average Bonchev–Trinajstić information content (AvgIpc) is 3.16. The summed E-state index contributed by atoms with van der Waals surface area (Å²) in [5.74, 6) is 2.41. The fourth-order valence-corrected chi connectivity index (χ4v) is 3.15. The highest BCUT2D eigenvalue weighted by molar-refractivity contribution is 7.98. The van der Waals surface area contributed by atoms with Crippen LogP contribution in [0.4, 0.5) is 4.39 Å². The Balaban J connectivity index is 1.82. The number of thioether (sulfide) groups is 1. The monoisotopic (exact) mass is 331 g/mol. The Morgan fingerprint density at radius 3 is 2.61 bits per heavy atom. The molecular formula is C17H18FN3OS. The largest absolute Gasteiger partial charge is 0.461 e. The van der Waals surface area contributed by atoms with Gasteiger partial charge in [-0.15, -0.1) is 10.2 Å². The molecule has 4 nitrogen and oxygen atoms in total. The molecule has 3 rings (SSSR count). The third-order valence-corrected chi connectivity index (χ3v) is 4.33. The highest BCUT2D eigenvalue weighted by Crippen LogP contribution is 2.27. The molecule has 2 heterocycles. The van der Waals surface area contributed by atoms with Gasteiger partial charge in [0.2, 0.25) is 0 Å². The van der Waals surface area contributed by atoms with Crippen molar-refractivity contribution in [3.63, 3.8) is 0 Å². The topological polar surface area (TPSA) is 43.9 Å². The van der Waals surface area contributed by atoms with Crippen LogP contribution >= 0.6 is 11.8 Å². The Morgan fingerprint density at radius 1 is 1.17 bits per heavy atom. The quantitative estimate of drug-likeness (QED) is 0.618. The van der Waals surface area contributed by atoms with E-state index in [0.717, 1.165) is 23.1 Å². The van der Waals surface area contributed by atoms with Crippen LogP contribution < -0.4 is 0 Å². The Kier molecular flexibility index (Phi) is 4.81. The lowest BCUT2D eigenvalue weighted by molar-refractivity contribution is 0.489. The van der Waals surface area contributed by atoms with E-state index in [1.165, 1.54) is 12.1 Å². The summed E-state index contributed by atoms with van der Waals surface area (Å²) in [7, 11) is 0. The first-order valence-corrected chi connectivity index (χ1v) is 8.46. The number of aromatic nitrogens is 3. The van der Waals surface area contributed by atoms with Crippen molar-refractivity contribution in [3.8, 4) is 11.6 Å². The van der Waals surface area contributed by atoms with Crippen LogP contribution in [0.15, 0.2) is 52.2 Å². The van der Waals surface area contributed by atoms with Gasteiger partial charge in [-0.3, -0.25) is 4.57 Å². The molecule has 120 valence electrons. The molecule has 0 aliphatic heterocycles. The molecule has 0 unspecified atom stereocenters. The Hall–Kier alpha value is -2.08. The third-order valence-electron chi connectivity index (χ3n) is 3.29. The van der Waals surface area contributed by atoms with Crippen LogP contribution in [-0.2, 0) is 12.3 Å². The fourth-order valence-electron chi connectivity index (χ4n) is 2.24. The average molecular weight is 331 g/mol. The summed E-state index contributed by atoms with van der Waals surface area (Å²) in [6.07, 6.45) is 1.63. The van der Waals surface area contributed by atoms with Crippen molar-refractivity contribution < 1.29 is 8.81 Å². The minimum absolute atomic E-state index is 0.221. The zero-order valence-electron chi connectivity index (χ0n) is 13.1. The second-order valence-electron chi connectivity index (χ2n) is 5.70. The Morgan fingerprint density at radius 2 is 1.96 bits per heavy atom. The van der Waals surface area contributed by atoms with Crippen molar-refractivity contribution >= 4 is 11.8 Å². The van der Waals surface area contributed by atoms with Gasteiger partial charge < -0.3 is 4.42 Å². The van der Waals surface area contributed by atoms with E-state index >= 15 is 0 Å². The second-order valence-corrected chi connectivity index (χ2v) is 6.65. The fraction of sp³-hybridized carbons (Fsp3) is 0.294. The van der Waals surface area contributed by atoms with Crippen LogP contribution in [0.5, 0.6) is 0 Å². The summed E-state index contributed by atoms with van der Waals surface area (Å²) >= 11 is 1.59.